The molecule has 2 heterocycles. The smallest absolute Gasteiger partial charge is 0.228 e. The topological polar surface area (TPSA) is 69.7 Å². The first-order chi connectivity index (χ1) is 13.5. The third-order valence-corrected chi connectivity index (χ3v) is 5.83. The number of hydrogen-bond donors (Lipinski definition) is 1. The van der Waals surface area contributed by atoms with Gasteiger partial charge in [-0.15, -0.1) is 0 Å². The lowest BCUT2D eigenvalue weighted by Gasteiger charge is -2.33. The van der Waals surface area contributed by atoms with Crippen molar-refractivity contribution in [2.24, 2.45) is 11.8 Å². The number of hydrogen-bond acceptors (Lipinski definition) is 3. The molecule has 152 valence electrons. The average Bonchev–Trinajstić information content (AvgIpc) is 3.10. The zero-order valence-electron chi connectivity index (χ0n) is 16.9. The average molecular weight is 386 g/mol. The van der Waals surface area contributed by atoms with Crippen LogP contribution in [0, 0.1) is 18.8 Å². The molecule has 6 nitrogen and oxygen atoms in total. The number of anilines is 1. The minimum Gasteiger partial charge on any atom is -0.356 e. The molecule has 0 bridgehead atoms. The third kappa shape index (κ3) is 4.72. The Bertz CT molecular complexity index is 708. The van der Waals surface area contributed by atoms with Crippen LogP contribution >= 0.6 is 0 Å². The van der Waals surface area contributed by atoms with Gasteiger partial charge in [0.1, 0.15) is 0 Å². The van der Waals surface area contributed by atoms with Crippen LogP contribution in [0.3, 0.4) is 0 Å². The van der Waals surface area contributed by atoms with Crippen molar-refractivity contribution in [1.29, 1.82) is 0 Å². The summed E-state index contributed by atoms with van der Waals surface area (Å²) < 4.78 is 0. The number of nitrogens with zero attached hydrogens (tertiary/aromatic N) is 2. The molecule has 2 aliphatic rings. The van der Waals surface area contributed by atoms with E-state index in [-0.39, 0.29) is 36.0 Å². The van der Waals surface area contributed by atoms with E-state index in [0.717, 1.165) is 30.6 Å². The highest BCUT2D eigenvalue weighted by atomic mass is 16.2. The second-order valence-corrected chi connectivity index (χ2v) is 7.99. The molecule has 3 amide bonds. The van der Waals surface area contributed by atoms with Crippen LogP contribution in [0.15, 0.2) is 24.3 Å². The standard InChI is InChI=1S/C22H31N3O3/c1-3-4-11-23-21(27)17-9-12-24(13-10-17)22(28)18-14-20(26)25(15-18)19-7-5-16(2)6-8-19/h5-8,17-18H,3-4,9-15H2,1-2H3,(H,23,27)/t18-/m1/s1. The molecule has 2 fully saturated rings. The molecule has 6 heteroatoms. The zero-order valence-corrected chi connectivity index (χ0v) is 16.9. The number of piperidine rings is 1. The molecule has 1 N–H and O–H groups in total. The van der Waals surface area contributed by atoms with E-state index in [4.69, 9.17) is 0 Å². The van der Waals surface area contributed by atoms with E-state index in [1.54, 1.807) is 4.90 Å². The third-order valence-electron chi connectivity index (χ3n) is 5.83. The summed E-state index contributed by atoms with van der Waals surface area (Å²) >= 11 is 0. The summed E-state index contributed by atoms with van der Waals surface area (Å²) in [6.07, 6.45) is 3.73. The van der Waals surface area contributed by atoms with Gasteiger partial charge in [0.25, 0.3) is 0 Å². The van der Waals surface area contributed by atoms with Gasteiger partial charge in [0.05, 0.1) is 5.92 Å². The quantitative estimate of drug-likeness (QED) is 0.765. The highest BCUT2D eigenvalue weighted by Gasteiger charge is 2.38. The summed E-state index contributed by atoms with van der Waals surface area (Å²) in [6, 6.07) is 7.83. The Labute approximate surface area is 167 Å². The first-order valence-corrected chi connectivity index (χ1v) is 10.4. The number of benzene rings is 1. The van der Waals surface area contributed by atoms with E-state index in [1.165, 1.54) is 0 Å². The minimum absolute atomic E-state index is 0.00447. The molecule has 1 aromatic carbocycles. The fourth-order valence-electron chi connectivity index (χ4n) is 4.00. The SMILES string of the molecule is CCCCNC(=O)C1CCN(C(=O)[C@@H]2CC(=O)N(c3ccc(C)cc3)C2)CC1. The largest absolute Gasteiger partial charge is 0.356 e. The Morgan fingerprint density at radius 3 is 2.43 bits per heavy atom. The van der Waals surface area contributed by atoms with Crippen LogP contribution in [0.1, 0.15) is 44.6 Å². The summed E-state index contributed by atoms with van der Waals surface area (Å²) in [4.78, 5) is 41.1. The summed E-state index contributed by atoms with van der Waals surface area (Å²) in [7, 11) is 0. The molecule has 3 rings (SSSR count). The maximum atomic E-state index is 12.9. The van der Waals surface area contributed by atoms with E-state index in [0.29, 0.717) is 32.5 Å². The van der Waals surface area contributed by atoms with E-state index in [2.05, 4.69) is 12.2 Å². The van der Waals surface area contributed by atoms with Crippen LogP contribution in [0.4, 0.5) is 5.69 Å². The van der Waals surface area contributed by atoms with Gasteiger partial charge in [-0.25, -0.2) is 0 Å². The lowest BCUT2D eigenvalue weighted by molar-refractivity contribution is -0.139. The predicted molar refractivity (Wildman–Crippen MR) is 109 cm³/mol. The Hall–Kier alpha value is -2.37. The van der Waals surface area contributed by atoms with Crippen molar-refractivity contribution < 1.29 is 14.4 Å². The molecule has 0 aromatic heterocycles. The van der Waals surface area contributed by atoms with E-state index in [1.807, 2.05) is 36.1 Å². The van der Waals surface area contributed by atoms with E-state index in [9.17, 15) is 14.4 Å². The Morgan fingerprint density at radius 1 is 1.11 bits per heavy atom. The lowest BCUT2D eigenvalue weighted by atomic mass is 9.94. The minimum atomic E-state index is -0.288. The van der Waals surface area contributed by atoms with Gasteiger partial charge < -0.3 is 15.1 Å². The normalized spacial score (nSPS) is 20.5. The molecule has 0 spiro atoms. The van der Waals surface area contributed by atoms with Crippen LogP contribution in [-0.4, -0.2) is 48.8 Å². The van der Waals surface area contributed by atoms with Gasteiger partial charge >= 0.3 is 0 Å². The van der Waals surface area contributed by atoms with Crippen molar-refractivity contribution in [3.63, 3.8) is 0 Å². The van der Waals surface area contributed by atoms with Crippen molar-refractivity contribution in [3.8, 4) is 0 Å². The maximum Gasteiger partial charge on any atom is 0.228 e. The summed E-state index contributed by atoms with van der Waals surface area (Å²) in [5.41, 5.74) is 2.00. The Balaban J connectivity index is 1.51. The van der Waals surface area contributed by atoms with Crippen molar-refractivity contribution in [1.82, 2.24) is 10.2 Å². The fraction of sp³-hybridized carbons (Fsp3) is 0.591. The van der Waals surface area contributed by atoms with Crippen LogP contribution < -0.4 is 10.2 Å². The molecule has 0 saturated carbocycles. The molecule has 0 aliphatic carbocycles. The van der Waals surface area contributed by atoms with Crippen molar-refractivity contribution in [3.05, 3.63) is 29.8 Å². The number of unbranched alkanes of at least 4 members (excludes halogenated alkanes) is 1. The van der Waals surface area contributed by atoms with Gasteiger partial charge in [0, 0.05) is 44.2 Å². The molecular weight excluding hydrogens is 354 g/mol. The van der Waals surface area contributed by atoms with E-state index >= 15 is 0 Å². The van der Waals surface area contributed by atoms with Gasteiger partial charge in [0.2, 0.25) is 17.7 Å². The fourth-order valence-corrected chi connectivity index (χ4v) is 4.00. The molecule has 1 atom stereocenters. The zero-order chi connectivity index (χ0) is 20.1. The number of amides is 3. The lowest BCUT2D eigenvalue weighted by Crippen LogP contribution is -2.45. The Kier molecular flexibility index (Phi) is 6.70. The van der Waals surface area contributed by atoms with Crippen LogP contribution in [-0.2, 0) is 14.4 Å². The van der Waals surface area contributed by atoms with Crippen molar-refractivity contribution in [2.75, 3.05) is 31.1 Å². The monoisotopic (exact) mass is 385 g/mol. The maximum absolute atomic E-state index is 12.9. The van der Waals surface area contributed by atoms with Gasteiger partial charge in [0.15, 0.2) is 0 Å². The van der Waals surface area contributed by atoms with Crippen LogP contribution in [0.5, 0.6) is 0 Å². The number of carbonyl (C=O) groups excluding carboxylic acids is 3. The number of rotatable bonds is 6. The second-order valence-electron chi connectivity index (χ2n) is 7.99. The van der Waals surface area contributed by atoms with Crippen LogP contribution in [0.25, 0.3) is 0 Å². The van der Waals surface area contributed by atoms with Gasteiger partial charge in [-0.2, -0.15) is 0 Å². The van der Waals surface area contributed by atoms with Crippen LogP contribution in [0.2, 0.25) is 0 Å². The van der Waals surface area contributed by atoms with Crippen molar-refractivity contribution >= 4 is 23.4 Å². The highest BCUT2D eigenvalue weighted by Crippen LogP contribution is 2.28. The summed E-state index contributed by atoms with van der Waals surface area (Å²) in [5.74, 6) is -0.124. The molecular formula is C22H31N3O3. The van der Waals surface area contributed by atoms with Gasteiger partial charge in [-0.1, -0.05) is 31.0 Å². The highest BCUT2D eigenvalue weighted by molar-refractivity contribution is 6.00. The molecule has 1 aromatic rings. The predicted octanol–water partition coefficient (Wildman–Crippen LogP) is 2.50. The molecule has 0 unspecified atom stereocenters. The summed E-state index contributed by atoms with van der Waals surface area (Å²) in [5, 5.41) is 2.99. The first-order valence-electron chi connectivity index (χ1n) is 10.4. The number of aryl methyl sites for hydroxylation is 1. The summed E-state index contributed by atoms with van der Waals surface area (Å²) in [6.45, 7) is 6.48. The first kappa shape index (κ1) is 20.4. The van der Waals surface area contributed by atoms with Crippen molar-refractivity contribution in [2.45, 2.75) is 46.0 Å². The number of nitrogens with one attached hydrogen (secondary N) is 1. The van der Waals surface area contributed by atoms with E-state index < -0.39 is 0 Å². The number of carbonyl (C=O) groups is 3. The molecule has 28 heavy (non-hydrogen) atoms. The number of likely N-dealkylation sites (tertiary alicyclic amines) is 1. The second kappa shape index (κ2) is 9.22. The molecule has 2 aliphatic heterocycles. The van der Waals surface area contributed by atoms with Gasteiger partial charge in [-0.3, -0.25) is 14.4 Å². The Morgan fingerprint density at radius 2 is 1.79 bits per heavy atom. The molecule has 2 saturated heterocycles. The van der Waals surface area contributed by atoms with Gasteiger partial charge in [-0.05, 0) is 38.3 Å². The molecule has 0 radical (unpaired) electrons.